The SMILES string of the molecule is COc1ccc(OCC(=O)NNS(=O)(=O)c2ccc(C(C)=O)cc2)cc1. The number of methoxy groups -OCH3 is 1. The molecule has 8 nitrogen and oxygen atoms in total. The topological polar surface area (TPSA) is 111 Å². The third-order valence-electron chi connectivity index (χ3n) is 3.33. The van der Waals surface area contributed by atoms with E-state index in [0.29, 0.717) is 17.1 Å². The normalized spacial score (nSPS) is 10.8. The van der Waals surface area contributed by atoms with Crippen molar-refractivity contribution in [2.75, 3.05) is 13.7 Å². The highest BCUT2D eigenvalue weighted by Crippen LogP contribution is 2.16. The van der Waals surface area contributed by atoms with Gasteiger partial charge in [-0.25, -0.2) is 8.42 Å². The molecule has 0 aliphatic rings. The number of sulfonamides is 1. The monoisotopic (exact) mass is 378 g/mol. The van der Waals surface area contributed by atoms with Gasteiger partial charge in [-0.05, 0) is 43.3 Å². The summed E-state index contributed by atoms with van der Waals surface area (Å²) in [6.45, 7) is 1.00. The van der Waals surface area contributed by atoms with Gasteiger partial charge in [0.05, 0.1) is 12.0 Å². The molecule has 0 heterocycles. The van der Waals surface area contributed by atoms with Crippen LogP contribution in [-0.2, 0) is 14.8 Å². The van der Waals surface area contributed by atoms with Crippen molar-refractivity contribution >= 4 is 21.7 Å². The van der Waals surface area contributed by atoms with Gasteiger partial charge in [0.25, 0.3) is 15.9 Å². The predicted octanol–water partition coefficient (Wildman–Crippen LogP) is 1.29. The first kappa shape index (κ1) is 19.4. The molecule has 2 N–H and O–H groups in total. The quantitative estimate of drug-likeness (QED) is 0.529. The lowest BCUT2D eigenvalue weighted by Gasteiger charge is -2.10. The molecule has 0 radical (unpaired) electrons. The smallest absolute Gasteiger partial charge is 0.272 e. The molecule has 0 saturated carbocycles. The molecule has 0 atom stereocenters. The Bertz CT molecular complexity index is 876. The fourth-order valence-electron chi connectivity index (χ4n) is 1.91. The van der Waals surface area contributed by atoms with Crippen LogP contribution in [0.4, 0.5) is 0 Å². The van der Waals surface area contributed by atoms with E-state index in [4.69, 9.17) is 9.47 Å². The summed E-state index contributed by atoms with van der Waals surface area (Å²) >= 11 is 0. The molecule has 2 aromatic rings. The highest BCUT2D eigenvalue weighted by Gasteiger charge is 2.15. The highest BCUT2D eigenvalue weighted by atomic mass is 32.2. The number of amides is 1. The Balaban J connectivity index is 1.87. The van der Waals surface area contributed by atoms with Crippen LogP contribution in [0.15, 0.2) is 53.4 Å². The molecule has 2 rings (SSSR count). The molecule has 138 valence electrons. The predicted molar refractivity (Wildman–Crippen MR) is 93.4 cm³/mol. The molecule has 0 fully saturated rings. The largest absolute Gasteiger partial charge is 0.497 e. The van der Waals surface area contributed by atoms with Crippen molar-refractivity contribution in [3.63, 3.8) is 0 Å². The number of carbonyl (C=O) groups is 2. The van der Waals surface area contributed by atoms with Crippen LogP contribution < -0.4 is 19.7 Å². The van der Waals surface area contributed by atoms with Crippen LogP contribution in [0.5, 0.6) is 11.5 Å². The molecule has 9 heteroatoms. The van der Waals surface area contributed by atoms with E-state index in [1.165, 1.54) is 38.3 Å². The number of hydrazine groups is 1. The van der Waals surface area contributed by atoms with Crippen LogP contribution in [0.3, 0.4) is 0 Å². The van der Waals surface area contributed by atoms with E-state index in [1.807, 2.05) is 4.83 Å². The number of rotatable bonds is 8. The molecule has 1 amide bonds. The Morgan fingerprint density at radius 1 is 0.962 bits per heavy atom. The minimum absolute atomic E-state index is 0.0844. The first-order valence-electron chi connectivity index (χ1n) is 7.50. The molecule has 0 spiro atoms. The summed E-state index contributed by atoms with van der Waals surface area (Å²) in [6, 6.07) is 11.9. The standard InChI is InChI=1S/C17H18N2O6S/c1-12(20)13-3-9-16(10-4-13)26(22,23)19-18-17(21)11-25-15-7-5-14(24-2)6-8-15/h3-10,19H,11H2,1-2H3,(H,18,21). The van der Waals surface area contributed by atoms with Crippen molar-refractivity contribution < 1.29 is 27.5 Å². The van der Waals surface area contributed by atoms with Gasteiger partial charge < -0.3 is 9.47 Å². The molecule has 0 aliphatic heterocycles. The zero-order valence-electron chi connectivity index (χ0n) is 14.2. The molecule has 0 aromatic heterocycles. The summed E-state index contributed by atoms with van der Waals surface area (Å²) in [5.41, 5.74) is 2.45. The van der Waals surface area contributed by atoms with E-state index in [-0.39, 0.29) is 17.3 Å². The summed E-state index contributed by atoms with van der Waals surface area (Å²) in [7, 11) is -2.42. The molecular weight excluding hydrogens is 360 g/mol. The number of hydrogen-bond donors (Lipinski definition) is 2. The zero-order chi connectivity index (χ0) is 19.2. The summed E-state index contributed by atoms with van der Waals surface area (Å²) in [5, 5.41) is 0. The van der Waals surface area contributed by atoms with Gasteiger partial charge in [0.1, 0.15) is 11.5 Å². The molecule has 0 aliphatic carbocycles. The second kappa shape index (κ2) is 8.45. The number of benzene rings is 2. The lowest BCUT2D eigenvalue weighted by atomic mass is 10.2. The van der Waals surface area contributed by atoms with E-state index in [1.54, 1.807) is 24.3 Å². The van der Waals surface area contributed by atoms with Crippen LogP contribution >= 0.6 is 0 Å². The lowest BCUT2D eigenvalue weighted by Crippen LogP contribution is -2.43. The van der Waals surface area contributed by atoms with E-state index >= 15 is 0 Å². The molecule has 0 bridgehead atoms. The average molecular weight is 378 g/mol. The van der Waals surface area contributed by atoms with Gasteiger partial charge in [-0.15, -0.1) is 4.83 Å². The number of nitrogens with one attached hydrogen (secondary N) is 2. The third-order valence-corrected chi connectivity index (χ3v) is 4.59. The summed E-state index contributed by atoms with van der Waals surface area (Å²) in [6.07, 6.45) is 0. The molecule has 0 saturated heterocycles. The molecule has 26 heavy (non-hydrogen) atoms. The Labute approximate surface area is 151 Å². The Morgan fingerprint density at radius 3 is 2.08 bits per heavy atom. The first-order chi connectivity index (χ1) is 12.3. The van der Waals surface area contributed by atoms with Gasteiger partial charge in [-0.3, -0.25) is 15.0 Å². The van der Waals surface area contributed by atoms with Crippen molar-refractivity contribution in [1.82, 2.24) is 10.3 Å². The minimum atomic E-state index is -3.96. The van der Waals surface area contributed by atoms with Crippen molar-refractivity contribution in [3.8, 4) is 11.5 Å². The van der Waals surface area contributed by atoms with E-state index in [0.717, 1.165) is 0 Å². The molecule has 0 unspecified atom stereocenters. The third kappa shape index (κ3) is 5.30. The second-order valence-electron chi connectivity index (χ2n) is 5.20. The van der Waals surface area contributed by atoms with Crippen molar-refractivity contribution in [2.45, 2.75) is 11.8 Å². The number of ketones is 1. The van der Waals surface area contributed by atoms with E-state index in [9.17, 15) is 18.0 Å². The maximum absolute atomic E-state index is 12.1. The zero-order valence-corrected chi connectivity index (χ0v) is 15.0. The number of ether oxygens (including phenoxy) is 2. The van der Waals surface area contributed by atoms with E-state index in [2.05, 4.69) is 5.43 Å². The van der Waals surface area contributed by atoms with E-state index < -0.39 is 15.9 Å². The van der Waals surface area contributed by atoms with Crippen molar-refractivity contribution in [3.05, 3.63) is 54.1 Å². The Morgan fingerprint density at radius 2 is 1.54 bits per heavy atom. The number of carbonyl (C=O) groups excluding carboxylic acids is 2. The highest BCUT2D eigenvalue weighted by molar-refractivity contribution is 7.89. The fourth-order valence-corrected chi connectivity index (χ4v) is 2.77. The first-order valence-corrected chi connectivity index (χ1v) is 8.98. The summed E-state index contributed by atoms with van der Waals surface area (Å²) < 4.78 is 34.4. The van der Waals surface area contributed by atoms with Crippen molar-refractivity contribution in [2.24, 2.45) is 0 Å². The van der Waals surface area contributed by atoms with Gasteiger partial charge in [0.15, 0.2) is 12.4 Å². The van der Waals surface area contributed by atoms with Crippen LogP contribution in [0.25, 0.3) is 0 Å². The number of hydrogen-bond acceptors (Lipinski definition) is 6. The summed E-state index contributed by atoms with van der Waals surface area (Å²) in [5.74, 6) is 0.227. The fraction of sp³-hybridized carbons (Fsp3) is 0.176. The van der Waals surface area contributed by atoms with Gasteiger partial charge in [-0.2, -0.15) is 0 Å². The Kier molecular flexibility index (Phi) is 6.31. The molecule has 2 aromatic carbocycles. The van der Waals surface area contributed by atoms with Crippen LogP contribution in [-0.4, -0.2) is 33.8 Å². The lowest BCUT2D eigenvalue weighted by molar-refractivity contribution is -0.123. The van der Waals surface area contributed by atoms with Gasteiger partial charge in [0, 0.05) is 5.56 Å². The van der Waals surface area contributed by atoms with Gasteiger partial charge >= 0.3 is 0 Å². The Hall–Kier alpha value is -2.91. The van der Waals surface area contributed by atoms with Crippen molar-refractivity contribution in [1.29, 1.82) is 0 Å². The van der Waals surface area contributed by atoms with Crippen LogP contribution in [0.2, 0.25) is 0 Å². The van der Waals surface area contributed by atoms with Gasteiger partial charge in [-0.1, -0.05) is 12.1 Å². The average Bonchev–Trinajstić information content (AvgIpc) is 2.65. The maximum Gasteiger partial charge on any atom is 0.272 e. The maximum atomic E-state index is 12.1. The van der Waals surface area contributed by atoms with Gasteiger partial charge in [0.2, 0.25) is 0 Å². The van der Waals surface area contributed by atoms with Crippen LogP contribution in [0.1, 0.15) is 17.3 Å². The minimum Gasteiger partial charge on any atom is -0.497 e. The second-order valence-corrected chi connectivity index (χ2v) is 6.88. The van der Waals surface area contributed by atoms with Crippen LogP contribution in [0, 0.1) is 0 Å². The summed E-state index contributed by atoms with van der Waals surface area (Å²) in [4.78, 5) is 24.8. The molecular formula is C17H18N2O6S. The number of Topliss-reactive ketones (excluding diaryl/α,β-unsaturated/α-hetero) is 1.